The molecule has 1 N–H and O–H groups in total. The van der Waals surface area contributed by atoms with Crippen molar-refractivity contribution in [3.8, 4) is 0 Å². The maximum absolute atomic E-state index is 10.2. The highest BCUT2D eigenvalue weighted by atomic mass is 35.6. The second-order valence-electron chi connectivity index (χ2n) is 5.14. The predicted octanol–water partition coefficient (Wildman–Crippen LogP) is 5.34. The standard InChI is InChI=1S/C14H19Cl3O/c1-8(2)10-5-6-11(9(3)4)12(7-10)13(18)14(15,16)17/h5-9,13,18H,1-4H3/t13-/m1/s1. The van der Waals surface area contributed by atoms with Gasteiger partial charge in [-0.25, -0.2) is 0 Å². The molecule has 0 heterocycles. The third-order valence-electron chi connectivity index (χ3n) is 3.00. The Labute approximate surface area is 124 Å². The zero-order valence-electron chi connectivity index (χ0n) is 11.0. The van der Waals surface area contributed by atoms with Crippen LogP contribution in [0.2, 0.25) is 0 Å². The van der Waals surface area contributed by atoms with E-state index in [9.17, 15) is 5.11 Å². The number of aliphatic hydroxyl groups excluding tert-OH is 1. The van der Waals surface area contributed by atoms with Crippen LogP contribution in [-0.4, -0.2) is 8.90 Å². The largest absolute Gasteiger partial charge is 0.384 e. The van der Waals surface area contributed by atoms with E-state index in [1.165, 1.54) is 0 Å². The van der Waals surface area contributed by atoms with Gasteiger partial charge in [0.15, 0.2) is 0 Å². The first-order chi connectivity index (χ1) is 8.14. The van der Waals surface area contributed by atoms with Gasteiger partial charge in [0.1, 0.15) is 6.10 Å². The van der Waals surface area contributed by atoms with Gasteiger partial charge in [0.25, 0.3) is 0 Å². The maximum Gasteiger partial charge on any atom is 0.220 e. The van der Waals surface area contributed by atoms with E-state index in [0.717, 1.165) is 11.1 Å². The monoisotopic (exact) mass is 308 g/mol. The van der Waals surface area contributed by atoms with Crippen molar-refractivity contribution in [2.75, 3.05) is 0 Å². The smallest absolute Gasteiger partial charge is 0.220 e. The summed E-state index contributed by atoms with van der Waals surface area (Å²) in [6.07, 6.45) is -1.11. The van der Waals surface area contributed by atoms with Crippen molar-refractivity contribution in [2.24, 2.45) is 0 Å². The lowest BCUT2D eigenvalue weighted by atomic mass is 9.90. The molecule has 0 unspecified atom stereocenters. The van der Waals surface area contributed by atoms with Crippen molar-refractivity contribution in [1.29, 1.82) is 0 Å². The average Bonchev–Trinajstić information content (AvgIpc) is 2.25. The molecular weight excluding hydrogens is 291 g/mol. The molecule has 0 aliphatic rings. The quantitative estimate of drug-likeness (QED) is 0.747. The first kappa shape index (κ1) is 16.1. The Morgan fingerprint density at radius 3 is 1.89 bits per heavy atom. The molecule has 0 aromatic heterocycles. The van der Waals surface area contributed by atoms with E-state index in [-0.39, 0.29) is 5.92 Å². The van der Waals surface area contributed by atoms with Gasteiger partial charge in [0, 0.05) is 0 Å². The summed E-state index contributed by atoms with van der Waals surface area (Å²) < 4.78 is -1.71. The molecule has 102 valence electrons. The minimum atomic E-state index is -1.71. The number of alkyl halides is 3. The van der Waals surface area contributed by atoms with Gasteiger partial charge in [-0.05, 0) is 28.5 Å². The number of halogens is 3. The van der Waals surface area contributed by atoms with Crippen LogP contribution in [0.3, 0.4) is 0 Å². The summed E-state index contributed by atoms with van der Waals surface area (Å²) in [6.45, 7) is 8.30. The van der Waals surface area contributed by atoms with Crippen LogP contribution in [0, 0.1) is 0 Å². The topological polar surface area (TPSA) is 20.2 Å². The third kappa shape index (κ3) is 3.77. The Bertz CT molecular complexity index is 408. The van der Waals surface area contributed by atoms with Crippen LogP contribution in [0.4, 0.5) is 0 Å². The summed E-state index contributed by atoms with van der Waals surface area (Å²) in [5.74, 6) is 0.635. The SMILES string of the molecule is CC(C)c1ccc(C(C)C)c([C@@H](O)C(Cl)(Cl)Cl)c1. The fourth-order valence-electron chi connectivity index (χ4n) is 1.89. The zero-order chi connectivity index (χ0) is 14.1. The van der Waals surface area contributed by atoms with Gasteiger partial charge in [0.05, 0.1) is 0 Å². The van der Waals surface area contributed by atoms with Gasteiger partial charge in [-0.15, -0.1) is 0 Å². The molecule has 4 heteroatoms. The number of rotatable bonds is 3. The highest BCUT2D eigenvalue weighted by molar-refractivity contribution is 6.68. The molecule has 0 radical (unpaired) electrons. The molecule has 0 saturated carbocycles. The second-order valence-corrected chi connectivity index (χ2v) is 7.51. The Morgan fingerprint density at radius 1 is 0.944 bits per heavy atom. The highest BCUT2D eigenvalue weighted by Gasteiger charge is 2.34. The second kappa shape index (κ2) is 6.00. The van der Waals surface area contributed by atoms with Gasteiger partial charge in [-0.3, -0.25) is 0 Å². The molecule has 1 aromatic carbocycles. The van der Waals surface area contributed by atoms with Crippen LogP contribution < -0.4 is 0 Å². The third-order valence-corrected chi connectivity index (χ3v) is 3.62. The lowest BCUT2D eigenvalue weighted by Gasteiger charge is -2.24. The lowest BCUT2D eigenvalue weighted by Crippen LogP contribution is -2.18. The van der Waals surface area contributed by atoms with Crippen molar-refractivity contribution < 1.29 is 5.11 Å². The molecule has 0 amide bonds. The average molecular weight is 310 g/mol. The molecule has 1 rings (SSSR count). The van der Waals surface area contributed by atoms with Crippen molar-refractivity contribution in [2.45, 2.75) is 49.4 Å². The number of aliphatic hydroxyl groups is 1. The summed E-state index contributed by atoms with van der Waals surface area (Å²) in [5, 5.41) is 10.2. The van der Waals surface area contributed by atoms with E-state index < -0.39 is 9.90 Å². The molecular formula is C14H19Cl3O. The molecule has 0 spiro atoms. The maximum atomic E-state index is 10.2. The molecule has 1 aromatic rings. The molecule has 0 aliphatic heterocycles. The van der Waals surface area contributed by atoms with Gasteiger partial charge in [-0.2, -0.15) is 0 Å². The summed E-state index contributed by atoms with van der Waals surface area (Å²) in [7, 11) is 0. The van der Waals surface area contributed by atoms with Gasteiger partial charge >= 0.3 is 0 Å². The molecule has 18 heavy (non-hydrogen) atoms. The van der Waals surface area contributed by atoms with Crippen LogP contribution in [-0.2, 0) is 0 Å². The normalized spacial score (nSPS) is 14.3. The fraction of sp³-hybridized carbons (Fsp3) is 0.571. The summed E-state index contributed by atoms with van der Waals surface area (Å²) >= 11 is 17.4. The first-order valence-electron chi connectivity index (χ1n) is 6.03. The Balaban J connectivity index is 3.32. The fourth-order valence-corrected chi connectivity index (χ4v) is 2.24. The Morgan fingerprint density at radius 2 is 1.50 bits per heavy atom. The van der Waals surface area contributed by atoms with E-state index in [1.54, 1.807) is 0 Å². The van der Waals surface area contributed by atoms with Gasteiger partial charge in [0.2, 0.25) is 3.79 Å². The van der Waals surface area contributed by atoms with Crippen molar-refractivity contribution in [3.63, 3.8) is 0 Å². The predicted molar refractivity (Wildman–Crippen MR) is 79.9 cm³/mol. The van der Waals surface area contributed by atoms with Crippen LogP contribution in [0.1, 0.15) is 62.3 Å². The minimum absolute atomic E-state index is 0.267. The van der Waals surface area contributed by atoms with Crippen LogP contribution in [0.25, 0.3) is 0 Å². The van der Waals surface area contributed by atoms with E-state index in [1.807, 2.05) is 12.1 Å². The molecule has 0 fully saturated rings. The first-order valence-corrected chi connectivity index (χ1v) is 7.16. The number of hydrogen-bond acceptors (Lipinski definition) is 1. The van der Waals surface area contributed by atoms with Crippen molar-refractivity contribution in [1.82, 2.24) is 0 Å². The summed E-state index contributed by atoms with van der Waals surface area (Å²) in [6, 6.07) is 6.01. The van der Waals surface area contributed by atoms with Crippen LogP contribution >= 0.6 is 34.8 Å². The van der Waals surface area contributed by atoms with Gasteiger partial charge < -0.3 is 5.11 Å². The summed E-state index contributed by atoms with van der Waals surface area (Å²) in [4.78, 5) is 0. The minimum Gasteiger partial charge on any atom is -0.384 e. The van der Waals surface area contributed by atoms with E-state index in [0.29, 0.717) is 11.5 Å². The van der Waals surface area contributed by atoms with Crippen molar-refractivity contribution in [3.05, 3.63) is 34.9 Å². The van der Waals surface area contributed by atoms with E-state index in [2.05, 4.69) is 33.8 Å². The van der Waals surface area contributed by atoms with E-state index in [4.69, 9.17) is 34.8 Å². The van der Waals surface area contributed by atoms with Crippen LogP contribution in [0.15, 0.2) is 18.2 Å². The Kier molecular flexibility index (Phi) is 5.37. The molecule has 1 atom stereocenters. The number of benzene rings is 1. The van der Waals surface area contributed by atoms with E-state index >= 15 is 0 Å². The zero-order valence-corrected chi connectivity index (χ0v) is 13.3. The van der Waals surface area contributed by atoms with Crippen LogP contribution in [0.5, 0.6) is 0 Å². The number of hydrogen-bond donors (Lipinski definition) is 1. The van der Waals surface area contributed by atoms with Gasteiger partial charge in [-0.1, -0.05) is 80.7 Å². The lowest BCUT2D eigenvalue weighted by molar-refractivity contribution is 0.181. The highest BCUT2D eigenvalue weighted by Crippen LogP contribution is 2.42. The Hall–Kier alpha value is 0.0500. The molecule has 0 saturated heterocycles. The molecule has 0 bridgehead atoms. The molecule has 1 nitrogen and oxygen atoms in total. The molecule has 0 aliphatic carbocycles. The summed E-state index contributed by atoms with van der Waals surface area (Å²) in [5.41, 5.74) is 2.84. The van der Waals surface area contributed by atoms with Crippen molar-refractivity contribution >= 4 is 34.8 Å².